The number of aryl methyl sites for hydroxylation is 1. The fourth-order valence-electron chi connectivity index (χ4n) is 2.10. The molecule has 2 heterocycles. The summed E-state index contributed by atoms with van der Waals surface area (Å²) >= 11 is 3.40. The van der Waals surface area contributed by atoms with Crippen LogP contribution in [0.25, 0.3) is 0 Å². The molecule has 0 amide bonds. The van der Waals surface area contributed by atoms with E-state index in [1.54, 1.807) is 0 Å². The van der Waals surface area contributed by atoms with E-state index in [1.807, 2.05) is 13.0 Å². The van der Waals surface area contributed by atoms with E-state index in [-0.39, 0.29) is 6.10 Å². The highest BCUT2D eigenvalue weighted by molar-refractivity contribution is 9.10. The molecule has 16 heavy (non-hydrogen) atoms. The molecule has 0 spiro atoms. The maximum Gasteiger partial charge on any atom is 0.133 e. The number of halogens is 1. The van der Waals surface area contributed by atoms with Crippen molar-refractivity contribution in [1.82, 2.24) is 9.97 Å². The van der Waals surface area contributed by atoms with Crippen LogP contribution < -0.4 is 4.90 Å². The van der Waals surface area contributed by atoms with Crippen molar-refractivity contribution in [2.75, 3.05) is 18.6 Å². The third kappa shape index (κ3) is 2.35. The highest BCUT2D eigenvalue weighted by Crippen LogP contribution is 2.24. The van der Waals surface area contributed by atoms with Crippen LogP contribution in [0.2, 0.25) is 0 Å². The zero-order chi connectivity index (χ0) is 11.7. The maximum atomic E-state index is 5.57. The molecule has 0 aliphatic carbocycles. The van der Waals surface area contributed by atoms with Gasteiger partial charge in [-0.1, -0.05) is 0 Å². The van der Waals surface area contributed by atoms with Crippen molar-refractivity contribution in [1.29, 1.82) is 0 Å². The van der Waals surface area contributed by atoms with Crippen LogP contribution in [0.4, 0.5) is 5.82 Å². The Morgan fingerprint density at radius 1 is 1.50 bits per heavy atom. The molecule has 2 atom stereocenters. The summed E-state index contributed by atoms with van der Waals surface area (Å²) in [4.78, 5) is 10.8. The van der Waals surface area contributed by atoms with E-state index >= 15 is 0 Å². The molecular weight excluding hydrogens is 270 g/mol. The van der Waals surface area contributed by atoms with Gasteiger partial charge in [0.05, 0.1) is 12.1 Å². The quantitative estimate of drug-likeness (QED) is 0.781. The molecule has 0 radical (unpaired) electrons. The lowest BCUT2D eigenvalue weighted by Crippen LogP contribution is -2.37. The number of nitrogens with zero attached hydrogens (tertiary/aromatic N) is 3. The van der Waals surface area contributed by atoms with Gasteiger partial charge in [0.15, 0.2) is 0 Å². The second kappa shape index (κ2) is 4.67. The molecule has 1 aromatic heterocycles. The lowest BCUT2D eigenvalue weighted by Gasteiger charge is -2.27. The largest absolute Gasteiger partial charge is 0.376 e. The average molecular weight is 286 g/mol. The van der Waals surface area contributed by atoms with E-state index in [1.165, 1.54) is 0 Å². The summed E-state index contributed by atoms with van der Waals surface area (Å²) in [6.45, 7) is 4.84. The Labute approximate surface area is 104 Å². The van der Waals surface area contributed by atoms with Crippen LogP contribution in [-0.4, -0.2) is 35.8 Å². The third-order valence-corrected chi connectivity index (χ3v) is 3.39. The third-order valence-electron chi connectivity index (χ3n) is 2.99. The molecule has 1 aliphatic heterocycles. The van der Waals surface area contributed by atoms with Gasteiger partial charge in [-0.2, -0.15) is 0 Å². The number of anilines is 1. The highest BCUT2D eigenvalue weighted by Gasteiger charge is 2.28. The predicted octanol–water partition coefficient (Wildman–Crippen LogP) is 2.16. The zero-order valence-corrected chi connectivity index (χ0v) is 11.4. The molecule has 0 aromatic carbocycles. The molecule has 1 aliphatic rings. The summed E-state index contributed by atoms with van der Waals surface area (Å²) in [5.41, 5.74) is 0. The van der Waals surface area contributed by atoms with Crippen molar-refractivity contribution >= 4 is 21.7 Å². The first kappa shape index (κ1) is 11.8. The van der Waals surface area contributed by atoms with Gasteiger partial charge in [0.2, 0.25) is 0 Å². The average Bonchev–Trinajstić information content (AvgIpc) is 2.62. The lowest BCUT2D eigenvalue weighted by atomic mass is 10.1. The SMILES string of the molecule is Cc1nc(Br)cc(N(C)C2CCOC2C)n1. The molecular formula is C11H16BrN3O. The molecule has 2 rings (SSSR count). The zero-order valence-electron chi connectivity index (χ0n) is 9.77. The molecule has 1 aromatic rings. The Balaban J connectivity index is 2.22. The molecule has 5 heteroatoms. The Hall–Kier alpha value is -0.680. The van der Waals surface area contributed by atoms with Crippen molar-refractivity contribution < 1.29 is 4.74 Å². The van der Waals surface area contributed by atoms with Crippen molar-refractivity contribution in [2.24, 2.45) is 0 Å². The van der Waals surface area contributed by atoms with Gasteiger partial charge >= 0.3 is 0 Å². The standard InChI is InChI=1S/C11H16BrN3O/c1-7-9(4-5-16-7)15(3)11-6-10(12)13-8(2)14-11/h6-7,9H,4-5H2,1-3H3. The molecule has 4 nitrogen and oxygen atoms in total. The number of hydrogen-bond donors (Lipinski definition) is 0. The van der Waals surface area contributed by atoms with Gasteiger partial charge in [0.1, 0.15) is 16.2 Å². The van der Waals surface area contributed by atoms with Crippen LogP contribution in [-0.2, 0) is 4.74 Å². The Bertz CT molecular complexity index is 365. The summed E-state index contributed by atoms with van der Waals surface area (Å²) in [5, 5.41) is 0. The van der Waals surface area contributed by atoms with E-state index in [9.17, 15) is 0 Å². The minimum atomic E-state index is 0.263. The van der Waals surface area contributed by atoms with Crippen LogP contribution in [0.1, 0.15) is 19.2 Å². The van der Waals surface area contributed by atoms with Gasteiger partial charge in [0, 0.05) is 19.7 Å². The fraction of sp³-hybridized carbons (Fsp3) is 0.636. The second-order valence-corrected chi connectivity index (χ2v) is 4.95. The van der Waals surface area contributed by atoms with Crippen LogP contribution in [0.15, 0.2) is 10.7 Å². The molecule has 0 saturated carbocycles. The number of aromatic nitrogens is 2. The van der Waals surface area contributed by atoms with Crippen LogP contribution in [0, 0.1) is 6.92 Å². The number of rotatable bonds is 2. The van der Waals surface area contributed by atoms with Crippen molar-refractivity contribution in [3.63, 3.8) is 0 Å². The summed E-state index contributed by atoms with van der Waals surface area (Å²) in [7, 11) is 2.06. The monoisotopic (exact) mass is 285 g/mol. The van der Waals surface area contributed by atoms with Crippen molar-refractivity contribution in [3.05, 3.63) is 16.5 Å². The Kier molecular flexibility index (Phi) is 3.44. The summed E-state index contributed by atoms with van der Waals surface area (Å²) < 4.78 is 6.40. The van der Waals surface area contributed by atoms with Crippen LogP contribution in [0.3, 0.4) is 0 Å². The van der Waals surface area contributed by atoms with Gasteiger partial charge in [-0.15, -0.1) is 0 Å². The smallest absolute Gasteiger partial charge is 0.133 e. The van der Waals surface area contributed by atoms with E-state index in [4.69, 9.17) is 4.74 Å². The lowest BCUT2D eigenvalue weighted by molar-refractivity contribution is 0.118. The predicted molar refractivity (Wildman–Crippen MR) is 66.7 cm³/mol. The number of hydrogen-bond acceptors (Lipinski definition) is 4. The Morgan fingerprint density at radius 3 is 2.81 bits per heavy atom. The van der Waals surface area contributed by atoms with Crippen LogP contribution >= 0.6 is 15.9 Å². The molecule has 88 valence electrons. The summed E-state index contributed by atoms with van der Waals surface area (Å²) in [5.74, 6) is 1.73. The van der Waals surface area contributed by atoms with Gasteiger partial charge in [-0.25, -0.2) is 9.97 Å². The van der Waals surface area contributed by atoms with Crippen molar-refractivity contribution in [3.8, 4) is 0 Å². The van der Waals surface area contributed by atoms with Gasteiger partial charge in [-0.3, -0.25) is 0 Å². The van der Waals surface area contributed by atoms with Gasteiger partial charge < -0.3 is 9.64 Å². The topological polar surface area (TPSA) is 38.2 Å². The van der Waals surface area contributed by atoms with E-state index in [2.05, 4.69) is 44.8 Å². The van der Waals surface area contributed by atoms with E-state index < -0.39 is 0 Å². The normalized spacial score (nSPS) is 24.8. The van der Waals surface area contributed by atoms with Crippen molar-refractivity contribution in [2.45, 2.75) is 32.4 Å². The molecule has 0 N–H and O–H groups in total. The Morgan fingerprint density at radius 2 is 2.25 bits per heavy atom. The van der Waals surface area contributed by atoms with E-state index in [0.717, 1.165) is 29.3 Å². The first-order chi connectivity index (χ1) is 7.58. The number of likely N-dealkylation sites (N-methyl/N-ethyl adjacent to an activating group) is 1. The number of ether oxygens (including phenoxy) is 1. The molecule has 0 bridgehead atoms. The second-order valence-electron chi connectivity index (χ2n) is 4.14. The molecule has 2 unspecified atom stereocenters. The minimum Gasteiger partial charge on any atom is -0.376 e. The summed E-state index contributed by atoms with van der Waals surface area (Å²) in [6.07, 6.45) is 1.32. The summed E-state index contributed by atoms with van der Waals surface area (Å²) in [6, 6.07) is 2.35. The van der Waals surface area contributed by atoms with Gasteiger partial charge in [0.25, 0.3) is 0 Å². The molecule has 1 fully saturated rings. The minimum absolute atomic E-state index is 0.263. The maximum absolute atomic E-state index is 5.57. The fourth-order valence-corrected chi connectivity index (χ4v) is 2.56. The first-order valence-electron chi connectivity index (χ1n) is 5.43. The molecule has 1 saturated heterocycles. The van der Waals surface area contributed by atoms with E-state index in [0.29, 0.717) is 6.04 Å². The highest BCUT2D eigenvalue weighted by atomic mass is 79.9. The first-order valence-corrected chi connectivity index (χ1v) is 6.23. The van der Waals surface area contributed by atoms with Gasteiger partial charge in [-0.05, 0) is 36.2 Å². The van der Waals surface area contributed by atoms with Crippen LogP contribution in [0.5, 0.6) is 0 Å².